The first-order chi connectivity index (χ1) is 11.3. The third-order valence-corrected chi connectivity index (χ3v) is 4.99. The molecule has 1 aliphatic heterocycles. The fourth-order valence-corrected chi connectivity index (χ4v) is 3.64. The number of hydrogen-bond donors (Lipinski definition) is 2. The Hall–Kier alpha value is -2.38. The largest absolute Gasteiger partial charge is 0.336 e. The molecule has 24 heavy (non-hydrogen) atoms. The van der Waals surface area contributed by atoms with Crippen LogP contribution in [0, 0.1) is 13.8 Å². The van der Waals surface area contributed by atoms with E-state index in [1.54, 1.807) is 11.0 Å². The highest BCUT2D eigenvalue weighted by Gasteiger charge is 2.24. The molecule has 7 heteroatoms. The van der Waals surface area contributed by atoms with Crippen molar-refractivity contribution in [3.8, 4) is 11.1 Å². The van der Waals surface area contributed by atoms with Crippen LogP contribution in [-0.2, 0) is 10.1 Å². The lowest BCUT2D eigenvalue weighted by atomic mass is 9.98. The first kappa shape index (κ1) is 16.5. The molecule has 6 nitrogen and oxygen atoms in total. The molecule has 0 aliphatic carbocycles. The highest BCUT2D eigenvalue weighted by Crippen LogP contribution is 2.34. The molecule has 0 bridgehead atoms. The van der Waals surface area contributed by atoms with Gasteiger partial charge < -0.3 is 5.32 Å². The van der Waals surface area contributed by atoms with Crippen LogP contribution < -0.4 is 10.2 Å². The molecule has 2 amide bonds. The van der Waals surface area contributed by atoms with Gasteiger partial charge in [-0.05, 0) is 43.2 Å². The summed E-state index contributed by atoms with van der Waals surface area (Å²) in [5.41, 5.74) is 3.62. The van der Waals surface area contributed by atoms with E-state index in [0.29, 0.717) is 29.9 Å². The monoisotopic (exact) mass is 346 g/mol. The summed E-state index contributed by atoms with van der Waals surface area (Å²) in [6, 6.07) is 9.92. The second-order valence-electron chi connectivity index (χ2n) is 5.86. The van der Waals surface area contributed by atoms with E-state index in [4.69, 9.17) is 0 Å². The zero-order chi connectivity index (χ0) is 17.5. The normalized spacial score (nSPS) is 14.8. The van der Waals surface area contributed by atoms with Crippen LogP contribution in [0.25, 0.3) is 11.1 Å². The number of rotatable bonds is 3. The van der Waals surface area contributed by atoms with Crippen molar-refractivity contribution >= 4 is 21.8 Å². The molecular weight excluding hydrogens is 328 g/mol. The minimum Gasteiger partial charge on any atom is -0.336 e. The van der Waals surface area contributed by atoms with Crippen molar-refractivity contribution in [2.75, 3.05) is 18.0 Å². The fourth-order valence-electron chi connectivity index (χ4n) is 2.96. The Morgan fingerprint density at radius 3 is 2.42 bits per heavy atom. The molecule has 0 radical (unpaired) electrons. The minimum absolute atomic E-state index is 0.169. The highest BCUT2D eigenvalue weighted by atomic mass is 32.2. The number of carbonyl (C=O) groups is 1. The molecule has 2 aromatic carbocycles. The van der Waals surface area contributed by atoms with Gasteiger partial charge in [-0.1, -0.05) is 23.8 Å². The van der Waals surface area contributed by atoms with Crippen LogP contribution in [-0.4, -0.2) is 32.1 Å². The Kier molecular flexibility index (Phi) is 4.06. The predicted molar refractivity (Wildman–Crippen MR) is 91.9 cm³/mol. The van der Waals surface area contributed by atoms with Crippen LogP contribution in [0.1, 0.15) is 11.1 Å². The second kappa shape index (κ2) is 5.92. The van der Waals surface area contributed by atoms with Gasteiger partial charge in [0.2, 0.25) is 0 Å². The molecule has 0 unspecified atom stereocenters. The molecule has 1 aliphatic rings. The maximum atomic E-state index is 11.9. The number of aryl methyl sites for hydroxylation is 2. The van der Waals surface area contributed by atoms with Gasteiger partial charge in [-0.25, -0.2) is 4.79 Å². The van der Waals surface area contributed by atoms with Crippen LogP contribution in [0.15, 0.2) is 41.3 Å². The molecular formula is C17H18N2O4S. The summed E-state index contributed by atoms with van der Waals surface area (Å²) in [7, 11) is -4.38. The molecule has 1 fully saturated rings. The van der Waals surface area contributed by atoms with Crippen molar-refractivity contribution < 1.29 is 17.8 Å². The summed E-state index contributed by atoms with van der Waals surface area (Å²) in [6.45, 7) is 4.88. The molecule has 2 aromatic rings. The van der Waals surface area contributed by atoms with Crippen LogP contribution in [0.2, 0.25) is 0 Å². The predicted octanol–water partition coefficient (Wildman–Crippen LogP) is 2.75. The van der Waals surface area contributed by atoms with E-state index < -0.39 is 10.1 Å². The smallest absolute Gasteiger partial charge is 0.321 e. The van der Waals surface area contributed by atoms with E-state index >= 15 is 0 Å². The molecule has 1 heterocycles. The quantitative estimate of drug-likeness (QED) is 0.837. The number of carbonyl (C=O) groups excluding carboxylic acids is 1. The Labute approximate surface area is 140 Å². The van der Waals surface area contributed by atoms with Crippen LogP contribution >= 0.6 is 0 Å². The van der Waals surface area contributed by atoms with Gasteiger partial charge >= 0.3 is 6.03 Å². The van der Waals surface area contributed by atoms with Gasteiger partial charge in [-0.15, -0.1) is 0 Å². The second-order valence-corrected chi connectivity index (χ2v) is 7.25. The Morgan fingerprint density at radius 1 is 1.08 bits per heavy atom. The SMILES string of the molecule is Cc1ccc(-c2cc(N3CCNC3=O)ccc2S(=O)(=O)O)c(C)c1. The molecule has 0 saturated carbocycles. The lowest BCUT2D eigenvalue weighted by molar-refractivity contribution is 0.252. The summed E-state index contributed by atoms with van der Waals surface area (Å²) in [4.78, 5) is 13.2. The van der Waals surface area contributed by atoms with Gasteiger partial charge in [0.15, 0.2) is 0 Å². The maximum absolute atomic E-state index is 11.9. The number of nitrogens with one attached hydrogen (secondary N) is 1. The summed E-state index contributed by atoms with van der Waals surface area (Å²) in [5.74, 6) is 0. The molecule has 2 N–H and O–H groups in total. The summed E-state index contributed by atoms with van der Waals surface area (Å²) in [5, 5.41) is 2.71. The van der Waals surface area contributed by atoms with Gasteiger partial charge in [0.1, 0.15) is 4.90 Å². The Morgan fingerprint density at radius 2 is 1.83 bits per heavy atom. The number of amides is 2. The number of nitrogens with zero attached hydrogens (tertiary/aromatic N) is 1. The van der Waals surface area contributed by atoms with E-state index in [2.05, 4.69) is 5.32 Å². The molecule has 126 valence electrons. The average molecular weight is 346 g/mol. The van der Waals surface area contributed by atoms with Gasteiger partial charge in [0.25, 0.3) is 10.1 Å². The first-order valence-corrected chi connectivity index (χ1v) is 8.96. The molecule has 3 rings (SSSR count). The Bertz CT molecular complexity index is 922. The zero-order valence-electron chi connectivity index (χ0n) is 13.4. The van der Waals surface area contributed by atoms with Crippen molar-refractivity contribution in [1.82, 2.24) is 5.32 Å². The Balaban J connectivity index is 2.22. The van der Waals surface area contributed by atoms with E-state index in [-0.39, 0.29) is 10.9 Å². The maximum Gasteiger partial charge on any atom is 0.321 e. The van der Waals surface area contributed by atoms with Crippen molar-refractivity contribution in [2.24, 2.45) is 0 Å². The van der Waals surface area contributed by atoms with Crippen molar-refractivity contribution in [1.29, 1.82) is 0 Å². The average Bonchev–Trinajstić information content (AvgIpc) is 2.92. The minimum atomic E-state index is -4.38. The lowest BCUT2D eigenvalue weighted by Gasteiger charge is -2.18. The topological polar surface area (TPSA) is 86.7 Å². The first-order valence-electron chi connectivity index (χ1n) is 7.52. The van der Waals surface area contributed by atoms with E-state index in [0.717, 1.165) is 11.1 Å². The van der Waals surface area contributed by atoms with Crippen molar-refractivity contribution in [2.45, 2.75) is 18.7 Å². The third kappa shape index (κ3) is 3.00. The van der Waals surface area contributed by atoms with Crippen molar-refractivity contribution in [3.05, 3.63) is 47.5 Å². The van der Waals surface area contributed by atoms with Gasteiger partial charge in [-0.2, -0.15) is 8.42 Å². The number of benzene rings is 2. The molecule has 0 atom stereocenters. The summed E-state index contributed by atoms with van der Waals surface area (Å²) >= 11 is 0. The number of urea groups is 1. The van der Waals surface area contributed by atoms with Crippen LogP contribution in [0.3, 0.4) is 0 Å². The number of hydrogen-bond acceptors (Lipinski definition) is 3. The molecule has 1 saturated heterocycles. The fraction of sp³-hybridized carbons (Fsp3) is 0.235. The van der Waals surface area contributed by atoms with Gasteiger partial charge in [0.05, 0.1) is 0 Å². The summed E-state index contributed by atoms with van der Waals surface area (Å²) in [6.07, 6.45) is 0. The van der Waals surface area contributed by atoms with Crippen molar-refractivity contribution in [3.63, 3.8) is 0 Å². The standard InChI is InChI=1S/C17H18N2O4S/c1-11-3-5-14(12(2)9-11)15-10-13(19-8-7-18-17(19)20)4-6-16(15)24(21,22)23/h3-6,9-10H,7-8H2,1-2H3,(H,18,20)(H,21,22,23). The highest BCUT2D eigenvalue weighted by molar-refractivity contribution is 7.86. The third-order valence-electron chi connectivity index (χ3n) is 4.08. The van der Waals surface area contributed by atoms with Gasteiger partial charge in [0, 0.05) is 24.3 Å². The van der Waals surface area contributed by atoms with Crippen LogP contribution in [0.4, 0.5) is 10.5 Å². The van der Waals surface area contributed by atoms with E-state index in [1.165, 1.54) is 12.1 Å². The van der Waals surface area contributed by atoms with Crippen LogP contribution in [0.5, 0.6) is 0 Å². The lowest BCUT2D eigenvalue weighted by Crippen LogP contribution is -2.27. The van der Waals surface area contributed by atoms with Gasteiger partial charge in [-0.3, -0.25) is 9.45 Å². The summed E-state index contributed by atoms with van der Waals surface area (Å²) < 4.78 is 33.1. The molecule has 0 aromatic heterocycles. The molecule has 0 spiro atoms. The zero-order valence-corrected chi connectivity index (χ0v) is 14.2. The van der Waals surface area contributed by atoms with E-state index in [9.17, 15) is 17.8 Å². The number of anilines is 1. The van der Waals surface area contributed by atoms with E-state index in [1.807, 2.05) is 32.0 Å².